The zero-order valence-electron chi connectivity index (χ0n) is 24.1. The Balaban J connectivity index is 2.10. The Morgan fingerprint density at radius 1 is 0.927 bits per heavy atom. The molecule has 0 aliphatic rings. The van der Waals surface area contributed by atoms with Crippen molar-refractivity contribution in [1.82, 2.24) is 10.2 Å². The van der Waals surface area contributed by atoms with E-state index in [-0.39, 0.29) is 23.0 Å². The molecule has 10 heteroatoms. The van der Waals surface area contributed by atoms with Crippen molar-refractivity contribution in [3.8, 4) is 5.75 Å². The molecule has 220 valence electrons. The molecule has 0 heterocycles. The van der Waals surface area contributed by atoms with Crippen molar-refractivity contribution in [2.75, 3.05) is 17.5 Å². The molecule has 8 nitrogen and oxygen atoms in total. The molecule has 0 bridgehead atoms. The second-order valence-corrected chi connectivity index (χ2v) is 12.8. The van der Waals surface area contributed by atoms with Crippen LogP contribution in [0.5, 0.6) is 5.75 Å². The number of anilines is 1. The fraction of sp³-hybridized carbons (Fsp3) is 0.355. The van der Waals surface area contributed by atoms with Gasteiger partial charge in [0.15, 0.2) is 0 Å². The van der Waals surface area contributed by atoms with Gasteiger partial charge in [0.05, 0.1) is 17.2 Å². The van der Waals surface area contributed by atoms with Gasteiger partial charge in [0, 0.05) is 17.1 Å². The number of nitrogens with zero attached hydrogens (tertiary/aromatic N) is 2. The lowest BCUT2D eigenvalue weighted by Crippen LogP contribution is -2.55. The van der Waals surface area contributed by atoms with Gasteiger partial charge >= 0.3 is 0 Å². The molecule has 0 fully saturated rings. The van der Waals surface area contributed by atoms with Gasteiger partial charge in [-0.3, -0.25) is 13.9 Å². The lowest BCUT2D eigenvalue weighted by atomic mass is 10.1. The Labute approximate surface area is 248 Å². The van der Waals surface area contributed by atoms with Crippen LogP contribution in [-0.4, -0.2) is 49.9 Å². The number of ether oxygens (including phenoxy) is 1. The molecule has 0 aliphatic heterocycles. The largest absolute Gasteiger partial charge is 0.492 e. The van der Waals surface area contributed by atoms with Gasteiger partial charge in [-0.1, -0.05) is 61.0 Å². The van der Waals surface area contributed by atoms with Crippen LogP contribution in [0, 0.1) is 0 Å². The van der Waals surface area contributed by atoms with Crippen molar-refractivity contribution >= 4 is 39.1 Å². The van der Waals surface area contributed by atoms with Crippen LogP contribution in [0.15, 0.2) is 83.8 Å². The van der Waals surface area contributed by atoms with Gasteiger partial charge in [0.2, 0.25) is 11.8 Å². The minimum Gasteiger partial charge on any atom is -0.492 e. The maximum Gasteiger partial charge on any atom is 0.264 e. The Morgan fingerprint density at radius 2 is 1.54 bits per heavy atom. The van der Waals surface area contributed by atoms with Gasteiger partial charge in [0.1, 0.15) is 18.3 Å². The van der Waals surface area contributed by atoms with Gasteiger partial charge in [-0.05, 0) is 76.1 Å². The molecule has 0 saturated heterocycles. The number of benzene rings is 3. The van der Waals surface area contributed by atoms with Crippen LogP contribution >= 0.6 is 11.6 Å². The Hall–Kier alpha value is -3.56. The molecule has 2 amide bonds. The van der Waals surface area contributed by atoms with Gasteiger partial charge in [0.25, 0.3) is 10.0 Å². The van der Waals surface area contributed by atoms with Crippen LogP contribution in [0.1, 0.15) is 46.6 Å². The first kappa shape index (κ1) is 32.0. The summed E-state index contributed by atoms with van der Waals surface area (Å²) in [6, 6.07) is 20.7. The van der Waals surface area contributed by atoms with E-state index >= 15 is 0 Å². The van der Waals surface area contributed by atoms with Gasteiger partial charge in [-0.2, -0.15) is 0 Å². The summed E-state index contributed by atoms with van der Waals surface area (Å²) in [4.78, 5) is 29.1. The first-order valence-corrected chi connectivity index (χ1v) is 15.3. The molecular formula is C31H38ClN3O5S. The number of nitrogens with one attached hydrogen (secondary N) is 1. The predicted octanol–water partition coefficient (Wildman–Crippen LogP) is 5.66. The molecule has 0 unspecified atom stereocenters. The van der Waals surface area contributed by atoms with Crippen molar-refractivity contribution in [3.05, 3.63) is 89.4 Å². The molecule has 0 spiro atoms. The third kappa shape index (κ3) is 8.47. The number of hydrogen-bond donors (Lipinski definition) is 1. The summed E-state index contributed by atoms with van der Waals surface area (Å²) in [6.07, 6.45) is 0.322. The SMILES string of the molecule is CCOc1ccccc1N(CC(=O)N(Cc1ccc(Cl)cc1)[C@H](CC)C(=O)NC(C)(C)C)S(=O)(=O)c1ccccc1. The normalized spacial score (nSPS) is 12.3. The molecule has 41 heavy (non-hydrogen) atoms. The summed E-state index contributed by atoms with van der Waals surface area (Å²) < 4.78 is 34.8. The topological polar surface area (TPSA) is 96.0 Å². The highest BCUT2D eigenvalue weighted by Crippen LogP contribution is 2.33. The molecule has 0 aliphatic carbocycles. The van der Waals surface area contributed by atoms with E-state index in [0.29, 0.717) is 23.8 Å². The zero-order chi connectivity index (χ0) is 30.2. The van der Waals surface area contributed by atoms with E-state index < -0.39 is 34.1 Å². The number of rotatable bonds is 12. The maximum absolute atomic E-state index is 14.2. The summed E-state index contributed by atoms with van der Waals surface area (Å²) in [6.45, 7) is 9.04. The van der Waals surface area contributed by atoms with E-state index in [1.54, 1.807) is 73.7 Å². The summed E-state index contributed by atoms with van der Waals surface area (Å²) in [5.74, 6) is -0.541. The smallest absolute Gasteiger partial charge is 0.264 e. The van der Waals surface area contributed by atoms with Crippen LogP contribution in [0.3, 0.4) is 0 Å². The quantitative estimate of drug-likeness (QED) is 0.290. The minimum absolute atomic E-state index is 0.0286. The van der Waals surface area contributed by atoms with E-state index in [1.807, 2.05) is 27.7 Å². The standard InChI is InChI=1S/C31H38ClN3O5S/c1-6-26(30(37)33-31(3,4)5)34(21-23-17-19-24(32)20-18-23)29(36)22-35(27-15-11-12-16-28(27)40-7-2)41(38,39)25-13-9-8-10-14-25/h8-20,26H,6-7,21-22H2,1-5H3,(H,33,37)/t26-/m1/s1. The average Bonchev–Trinajstić information content (AvgIpc) is 2.92. The van der Waals surface area contributed by atoms with E-state index in [9.17, 15) is 18.0 Å². The van der Waals surface area contributed by atoms with Gasteiger partial charge < -0.3 is 15.0 Å². The zero-order valence-corrected chi connectivity index (χ0v) is 25.7. The monoisotopic (exact) mass is 599 g/mol. The van der Waals surface area contributed by atoms with Gasteiger partial charge in [-0.15, -0.1) is 0 Å². The molecule has 0 aromatic heterocycles. The highest BCUT2D eigenvalue weighted by Gasteiger charge is 2.35. The number of para-hydroxylation sites is 2. The molecule has 3 rings (SSSR count). The van der Waals surface area contributed by atoms with Gasteiger partial charge in [-0.25, -0.2) is 8.42 Å². The van der Waals surface area contributed by atoms with E-state index in [1.165, 1.54) is 17.0 Å². The Morgan fingerprint density at radius 3 is 2.12 bits per heavy atom. The first-order chi connectivity index (χ1) is 19.4. The summed E-state index contributed by atoms with van der Waals surface area (Å²) in [7, 11) is -4.20. The molecule has 1 atom stereocenters. The lowest BCUT2D eigenvalue weighted by Gasteiger charge is -2.35. The summed E-state index contributed by atoms with van der Waals surface area (Å²) in [5, 5.41) is 3.50. The number of carbonyl (C=O) groups excluding carboxylic acids is 2. The minimum atomic E-state index is -4.20. The molecule has 0 radical (unpaired) electrons. The highest BCUT2D eigenvalue weighted by molar-refractivity contribution is 7.92. The average molecular weight is 600 g/mol. The highest BCUT2D eigenvalue weighted by atomic mass is 35.5. The molecule has 3 aromatic carbocycles. The number of halogens is 1. The van der Waals surface area contributed by atoms with Crippen molar-refractivity contribution in [2.24, 2.45) is 0 Å². The number of hydrogen-bond acceptors (Lipinski definition) is 5. The lowest BCUT2D eigenvalue weighted by molar-refractivity contribution is -0.141. The number of sulfonamides is 1. The molecule has 3 aromatic rings. The van der Waals surface area contributed by atoms with Crippen LogP contribution in [0.25, 0.3) is 0 Å². The van der Waals surface area contributed by atoms with Crippen molar-refractivity contribution in [2.45, 2.75) is 64.1 Å². The predicted molar refractivity (Wildman–Crippen MR) is 163 cm³/mol. The maximum atomic E-state index is 14.2. The summed E-state index contributed by atoms with van der Waals surface area (Å²) >= 11 is 6.08. The number of amides is 2. The van der Waals surface area contributed by atoms with Crippen molar-refractivity contribution in [3.63, 3.8) is 0 Å². The summed E-state index contributed by atoms with van der Waals surface area (Å²) in [5.41, 5.74) is 0.445. The molecule has 0 saturated carbocycles. The molecule has 1 N–H and O–H groups in total. The third-order valence-corrected chi connectivity index (χ3v) is 8.22. The second kappa shape index (κ2) is 13.9. The molecular weight excluding hydrogens is 562 g/mol. The van der Waals surface area contributed by atoms with E-state index in [2.05, 4.69) is 5.32 Å². The van der Waals surface area contributed by atoms with Crippen LogP contribution in [-0.2, 0) is 26.2 Å². The van der Waals surface area contributed by atoms with E-state index in [4.69, 9.17) is 16.3 Å². The van der Waals surface area contributed by atoms with E-state index in [0.717, 1.165) is 9.87 Å². The van der Waals surface area contributed by atoms with Crippen LogP contribution < -0.4 is 14.4 Å². The second-order valence-electron chi connectivity index (χ2n) is 10.5. The Kier molecular flexibility index (Phi) is 10.8. The Bertz CT molecular complexity index is 1420. The van der Waals surface area contributed by atoms with Crippen LogP contribution in [0.2, 0.25) is 5.02 Å². The van der Waals surface area contributed by atoms with Crippen molar-refractivity contribution in [1.29, 1.82) is 0 Å². The fourth-order valence-electron chi connectivity index (χ4n) is 4.33. The third-order valence-electron chi connectivity index (χ3n) is 6.19. The fourth-order valence-corrected chi connectivity index (χ4v) is 5.90. The first-order valence-electron chi connectivity index (χ1n) is 13.5. The van der Waals surface area contributed by atoms with Crippen LogP contribution in [0.4, 0.5) is 5.69 Å². The van der Waals surface area contributed by atoms with Crippen molar-refractivity contribution < 1.29 is 22.7 Å². The number of carbonyl (C=O) groups is 2.